The number of aromatic nitrogens is 3. The number of carbonyl (C=O) groups is 1. The molecule has 0 unspecified atom stereocenters. The second-order valence-corrected chi connectivity index (χ2v) is 5.99. The Kier molecular flexibility index (Phi) is 4.35. The number of H-pyrrole nitrogens is 1. The first-order chi connectivity index (χ1) is 9.40. The molecule has 1 heterocycles. The number of benzene rings is 1. The highest BCUT2D eigenvalue weighted by molar-refractivity contribution is 7.99. The third kappa shape index (κ3) is 2.96. The monoisotopic (exact) mass is 311 g/mol. The van der Waals surface area contributed by atoms with Gasteiger partial charge in [-0.25, -0.2) is 9.89 Å². The van der Waals surface area contributed by atoms with Gasteiger partial charge >= 0.3 is 5.69 Å². The molecule has 2 aromatic rings. The minimum Gasteiger partial charge on any atom is -0.295 e. The van der Waals surface area contributed by atoms with Gasteiger partial charge in [-0.15, -0.1) is 5.10 Å². The maximum Gasteiger partial charge on any atom is 0.344 e. The lowest BCUT2D eigenvalue weighted by atomic mass is 10.1. The lowest BCUT2D eigenvalue weighted by molar-refractivity contribution is 0.101. The van der Waals surface area contributed by atoms with Crippen LogP contribution in [0.4, 0.5) is 0 Å². The zero-order valence-corrected chi connectivity index (χ0v) is 12.9. The Bertz CT molecular complexity index is 706. The quantitative estimate of drug-likeness (QED) is 0.881. The summed E-state index contributed by atoms with van der Waals surface area (Å²) in [5.74, 6) is -0.0395. The van der Waals surface area contributed by atoms with Gasteiger partial charge in [-0.2, -0.15) is 0 Å². The van der Waals surface area contributed by atoms with Crippen LogP contribution in [0, 0.1) is 0 Å². The molecule has 0 fully saturated rings. The molecule has 0 amide bonds. The number of halogens is 1. The van der Waals surface area contributed by atoms with E-state index in [2.05, 4.69) is 10.2 Å². The van der Waals surface area contributed by atoms with E-state index in [4.69, 9.17) is 11.6 Å². The number of hydrogen-bond donors (Lipinski definition) is 1. The average Bonchev–Trinajstić information content (AvgIpc) is 2.72. The summed E-state index contributed by atoms with van der Waals surface area (Å²) in [4.78, 5) is 23.7. The summed E-state index contributed by atoms with van der Waals surface area (Å²) in [5.41, 5.74) is 0.307. The lowest BCUT2D eigenvalue weighted by Gasteiger charge is -2.09. The van der Waals surface area contributed by atoms with Crippen LogP contribution in [0.15, 0.2) is 33.0 Å². The summed E-state index contributed by atoms with van der Waals surface area (Å²) in [6.07, 6.45) is 0. The average molecular weight is 312 g/mol. The SMILES string of the molecule is CC(=O)c1ccc(Sc2n[nH]c(=O)n2C(C)C)c(Cl)c1. The molecule has 20 heavy (non-hydrogen) atoms. The van der Waals surface area contributed by atoms with Crippen molar-refractivity contribution in [1.29, 1.82) is 0 Å². The second kappa shape index (κ2) is 5.85. The van der Waals surface area contributed by atoms with E-state index >= 15 is 0 Å². The van der Waals surface area contributed by atoms with Crippen molar-refractivity contribution in [2.75, 3.05) is 0 Å². The number of carbonyl (C=O) groups excluding carboxylic acids is 1. The molecule has 0 saturated heterocycles. The van der Waals surface area contributed by atoms with Crippen LogP contribution < -0.4 is 5.69 Å². The van der Waals surface area contributed by atoms with Crippen LogP contribution in [0.5, 0.6) is 0 Å². The number of rotatable bonds is 4. The summed E-state index contributed by atoms with van der Waals surface area (Å²) in [5, 5.41) is 7.43. The van der Waals surface area contributed by atoms with E-state index in [1.807, 2.05) is 13.8 Å². The van der Waals surface area contributed by atoms with Crippen LogP contribution in [0.1, 0.15) is 37.2 Å². The molecule has 2 rings (SSSR count). The molecule has 7 heteroatoms. The molecule has 1 aromatic carbocycles. The molecular weight excluding hydrogens is 298 g/mol. The highest BCUT2D eigenvalue weighted by Crippen LogP contribution is 2.33. The van der Waals surface area contributed by atoms with Gasteiger partial charge < -0.3 is 0 Å². The predicted molar refractivity (Wildman–Crippen MR) is 78.8 cm³/mol. The molecule has 0 bridgehead atoms. The Hall–Kier alpha value is -1.53. The lowest BCUT2D eigenvalue weighted by Crippen LogP contribution is -2.19. The van der Waals surface area contributed by atoms with Gasteiger partial charge in [-0.1, -0.05) is 17.7 Å². The Balaban J connectivity index is 2.36. The minimum atomic E-state index is -0.251. The predicted octanol–water partition coefficient (Wildman–Crippen LogP) is 3.16. The van der Waals surface area contributed by atoms with Crippen LogP contribution in [0.25, 0.3) is 0 Å². The number of ketones is 1. The van der Waals surface area contributed by atoms with E-state index in [9.17, 15) is 9.59 Å². The summed E-state index contributed by atoms with van der Waals surface area (Å²) in [6.45, 7) is 5.30. The molecule has 1 aromatic heterocycles. The summed E-state index contributed by atoms with van der Waals surface area (Å²) in [7, 11) is 0. The smallest absolute Gasteiger partial charge is 0.295 e. The second-order valence-electron chi connectivity index (χ2n) is 4.58. The Morgan fingerprint density at radius 2 is 2.15 bits per heavy atom. The summed E-state index contributed by atoms with van der Waals surface area (Å²) < 4.78 is 1.56. The van der Waals surface area contributed by atoms with E-state index in [0.717, 1.165) is 4.90 Å². The number of aromatic amines is 1. The van der Waals surface area contributed by atoms with Crippen molar-refractivity contribution in [2.45, 2.75) is 36.9 Å². The van der Waals surface area contributed by atoms with Crippen LogP contribution in [-0.4, -0.2) is 20.5 Å². The van der Waals surface area contributed by atoms with Crippen molar-refractivity contribution in [3.05, 3.63) is 39.3 Å². The maximum absolute atomic E-state index is 11.7. The summed E-state index contributed by atoms with van der Waals surface area (Å²) >= 11 is 7.45. The van der Waals surface area contributed by atoms with Crippen molar-refractivity contribution in [1.82, 2.24) is 14.8 Å². The molecule has 5 nitrogen and oxygen atoms in total. The highest BCUT2D eigenvalue weighted by Gasteiger charge is 2.14. The fourth-order valence-electron chi connectivity index (χ4n) is 1.72. The fourth-order valence-corrected chi connectivity index (χ4v) is 2.99. The van der Waals surface area contributed by atoms with Gasteiger partial charge in [0.25, 0.3) is 0 Å². The molecule has 0 aliphatic heterocycles. The van der Waals surface area contributed by atoms with Gasteiger partial charge in [-0.05, 0) is 44.7 Å². The van der Waals surface area contributed by atoms with Crippen molar-refractivity contribution in [2.24, 2.45) is 0 Å². The number of nitrogens with one attached hydrogen (secondary N) is 1. The third-order valence-corrected chi connectivity index (χ3v) is 4.20. The number of hydrogen-bond acceptors (Lipinski definition) is 4. The zero-order chi connectivity index (χ0) is 14.9. The third-order valence-electron chi connectivity index (χ3n) is 2.73. The molecule has 0 aliphatic carbocycles. The van der Waals surface area contributed by atoms with Crippen molar-refractivity contribution in [3.63, 3.8) is 0 Å². The highest BCUT2D eigenvalue weighted by atomic mass is 35.5. The van der Waals surface area contributed by atoms with Crippen LogP contribution in [-0.2, 0) is 0 Å². The molecule has 0 spiro atoms. The molecule has 0 aliphatic rings. The topological polar surface area (TPSA) is 67.8 Å². The van der Waals surface area contributed by atoms with Gasteiger partial charge in [0.05, 0.1) is 5.02 Å². The van der Waals surface area contributed by atoms with Gasteiger partial charge in [-0.3, -0.25) is 9.36 Å². The minimum absolute atomic E-state index is 0.000909. The maximum atomic E-state index is 11.7. The first kappa shape index (κ1) is 14.9. The van der Waals surface area contributed by atoms with E-state index in [1.54, 1.807) is 22.8 Å². The first-order valence-corrected chi connectivity index (χ1v) is 7.25. The molecule has 0 atom stereocenters. The number of nitrogens with zero attached hydrogens (tertiary/aromatic N) is 2. The zero-order valence-electron chi connectivity index (χ0n) is 11.3. The van der Waals surface area contributed by atoms with E-state index in [0.29, 0.717) is 15.7 Å². The van der Waals surface area contributed by atoms with Gasteiger partial charge in [0.15, 0.2) is 10.9 Å². The molecule has 0 saturated carbocycles. The molecule has 0 radical (unpaired) electrons. The van der Waals surface area contributed by atoms with Crippen molar-refractivity contribution < 1.29 is 4.79 Å². The molecular formula is C13H14ClN3O2S. The molecule has 1 N–H and O–H groups in total. The Morgan fingerprint density at radius 1 is 1.45 bits per heavy atom. The normalized spacial score (nSPS) is 11.1. The van der Waals surface area contributed by atoms with E-state index < -0.39 is 0 Å². The van der Waals surface area contributed by atoms with Gasteiger partial charge in [0, 0.05) is 16.5 Å². The largest absolute Gasteiger partial charge is 0.344 e. The Morgan fingerprint density at radius 3 is 2.70 bits per heavy atom. The first-order valence-electron chi connectivity index (χ1n) is 6.05. The fraction of sp³-hybridized carbons (Fsp3) is 0.308. The van der Waals surface area contributed by atoms with Crippen LogP contribution in [0.2, 0.25) is 5.02 Å². The van der Waals surface area contributed by atoms with Gasteiger partial charge in [0.1, 0.15) is 0 Å². The number of Topliss-reactive ketones (excluding diaryl/α,β-unsaturated/α-hetero) is 1. The molecule has 106 valence electrons. The van der Waals surface area contributed by atoms with Crippen LogP contribution >= 0.6 is 23.4 Å². The van der Waals surface area contributed by atoms with Gasteiger partial charge in [0.2, 0.25) is 0 Å². The standard InChI is InChI=1S/C13H14ClN3O2S/c1-7(2)17-12(19)15-16-13(17)20-11-5-4-9(8(3)18)6-10(11)14/h4-7H,1-3H3,(H,15,19). The summed E-state index contributed by atoms with van der Waals surface area (Å²) in [6, 6.07) is 5.09. The van der Waals surface area contributed by atoms with E-state index in [1.165, 1.54) is 18.7 Å². The van der Waals surface area contributed by atoms with E-state index in [-0.39, 0.29) is 17.5 Å². The van der Waals surface area contributed by atoms with Crippen molar-refractivity contribution in [3.8, 4) is 0 Å². The van der Waals surface area contributed by atoms with Crippen molar-refractivity contribution >= 4 is 29.1 Å². The Labute approximate surface area is 125 Å². The van der Waals surface area contributed by atoms with Crippen LogP contribution in [0.3, 0.4) is 0 Å².